The van der Waals surface area contributed by atoms with Crippen LogP contribution in [0.1, 0.15) is 15.9 Å². The molecule has 1 amide bonds. The number of carbonyl (C=O) groups excluding carboxylic acids is 1. The Kier molecular flexibility index (Phi) is 4.71. The summed E-state index contributed by atoms with van der Waals surface area (Å²) in [6, 6.07) is 17.8. The molecule has 156 valence electrons. The maximum absolute atomic E-state index is 13.8. The van der Waals surface area contributed by atoms with E-state index in [9.17, 15) is 17.6 Å². The quantitative estimate of drug-likeness (QED) is 0.496. The van der Waals surface area contributed by atoms with Crippen molar-refractivity contribution in [2.45, 2.75) is 11.3 Å². The molecule has 9 heteroatoms. The van der Waals surface area contributed by atoms with Gasteiger partial charge in [0.15, 0.2) is 5.13 Å². The van der Waals surface area contributed by atoms with E-state index in [-0.39, 0.29) is 21.1 Å². The maximum atomic E-state index is 13.8. The predicted octanol–water partition coefficient (Wildman–Crippen LogP) is 4.44. The first-order valence-corrected chi connectivity index (χ1v) is 11.8. The summed E-state index contributed by atoms with van der Waals surface area (Å²) in [5, 5.41) is 2.92. The zero-order valence-corrected chi connectivity index (χ0v) is 17.7. The van der Waals surface area contributed by atoms with Crippen LogP contribution in [0.2, 0.25) is 0 Å². The molecule has 4 aromatic rings. The van der Waals surface area contributed by atoms with Crippen molar-refractivity contribution in [1.82, 2.24) is 4.98 Å². The molecular formula is C22H16FN3O3S2. The number of amides is 1. The number of aromatic nitrogens is 1. The Morgan fingerprint density at radius 3 is 2.58 bits per heavy atom. The summed E-state index contributed by atoms with van der Waals surface area (Å²) in [5.74, 6) is -0.901. The number of fused-ring (bicyclic) bond motifs is 2. The Morgan fingerprint density at radius 2 is 1.81 bits per heavy atom. The third-order valence-corrected chi connectivity index (χ3v) is 7.90. The molecular weight excluding hydrogens is 437 g/mol. The van der Waals surface area contributed by atoms with Gasteiger partial charge in [0, 0.05) is 12.1 Å². The highest BCUT2D eigenvalue weighted by Crippen LogP contribution is 2.33. The topological polar surface area (TPSA) is 79.4 Å². The van der Waals surface area contributed by atoms with Crippen LogP contribution in [0.3, 0.4) is 0 Å². The number of hydrogen-bond donors (Lipinski definition) is 1. The Labute approximate surface area is 182 Å². The number of anilines is 2. The fourth-order valence-corrected chi connectivity index (χ4v) is 5.98. The molecule has 1 N–H and O–H groups in total. The minimum absolute atomic E-state index is 0.114. The molecule has 0 saturated heterocycles. The molecule has 0 bridgehead atoms. The first kappa shape index (κ1) is 19.7. The molecule has 0 saturated carbocycles. The van der Waals surface area contributed by atoms with E-state index in [0.29, 0.717) is 23.4 Å². The summed E-state index contributed by atoms with van der Waals surface area (Å²) < 4.78 is 42.0. The largest absolute Gasteiger partial charge is 0.298 e. The molecule has 1 aromatic heterocycles. The molecule has 2 heterocycles. The number of halogens is 1. The van der Waals surface area contributed by atoms with Crippen molar-refractivity contribution in [2.24, 2.45) is 0 Å². The standard InChI is InChI=1S/C22H16FN3O3S2/c23-17-5-3-7-19-20(17)24-22(30-19)25-21(27)15-8-10-16(11-9-15)31(28,29)26-13-12-14-4-1-2-6-18(14)26/h1-11H,12-13H2,(H,24,25,27). The van der Waals surface area contributed by atoms with E-state index in [0.717, 1.165) is 5.56 Å². The Bertz CT molecular complexity index is 1420. The van der Waals surface area contributed by atoms with E-state index in [1.54, 1.807) is 18.2 Å². The van der Waals surface area contributed by atoms with Gasteiger partial charge in [0.1, 0.15) is 11.3 Å². The highest BCUT2D eigenvalue weighted by molar-refractivity contribution is 7.92. The van der Waals surface area contributed by atoms with Crippen molar-refractivity contribution >= 4 is 48.3 Å². The number of rotatable bonds is 4. The molecule has 5 rings (SSSR count). The first-order valence-electron chi connectivity index (χ1n) is 9.50. The highest BCUT2D eigenvalue weighted by atomic mass is 32.2. The fraction of sp³-hybridized carbons (Fsp3) is 0.0909. The van der Waals surface area contributed by atoms with E-state index < -0.39 is 21.7 Å². The van der Waals surface area contributed by atoms with E-state index in [4.69, 9.17) is 0 Å². The average Bonchev–Trinajstić information content (AvgIpc) is 3.39. The predicted molar refractivity (Wildman–Crippen MR) is 119 cm³/mol. The molecule has 3 aromatic carbocycles. The van der Waals surface area contributed by atoms with Gasteiger partial charge in [-0.3, -0.25) is 14.4 Å². The van der Waals surface area contributed by atoms with Crippen LogP contribution >= 0.6 is 11.3 Å². The van der Waals surface area contributed by atoms with Crippen LogP contribution in [-0.2, 0) is 16.4 Å². The third kappa shape index (κ3) is 3.45. The van der Waals surface area contributed by atoms with E-state index in [2.05, 4.69) is 10.3 Å². The summed E-state index contributed by atoms with van der Waals surface area (Å²) in [6.45, 7) is 0.387. The summed E-state index contributed by atoms with van der Waals surface area (Å²) in [6.07, 6.45) is 0.665. The van der Waals surface area contributed by atoms with E-state index >= 15 is 0 Å². The second-order valence-electron chi connectivity index (χ2n) is 7.04. The van der Waals surface area contributed by atoms with Gasteiger partial charge in [-0.15, -0.1) is 0 Å². The summed E-state index contributed by atoms with van der Waals surface area (Å²) in [5.41, 5.74) is 2.16. The fourth-order valence-electron chi connectivity index (χ4n) is 3.60. The number of nitrogens with one attached hydrogen (secondary N) is 1. The zero-order valence-electron chi connectivity index (χ0n) is 16.1. The van der Waals surface area contributed by atoms with E-state index in [1.807, 2.05) is 18.2 Å². The molecule has 0 atom stereocenters. The van der Waals surface area contributed by atoms with Crippen LogP contribution in [0.25, 0.3) is 10.2 Å². The molecule has 0 unspecified atom stereocenters. The number of nitrogens with zero attached hydrogens (tertiary/aromatic N) is 2. The molecule has 0 fully saturated rings. The minimum Gasteiger partial charge on any atom is -0.298 e. The summed E-state index contributed by atoms with van der Waals surface area (Å²) >= 11 is 1.17. The minimum atomic E-state index is -3.73. The van der Waals surface area contributed by atoms with Gasteiger partial charge in [0.25, 0.3) is 15.9 Å². The van der Waals surface area contributed by atoms with Gasteiger partial charge in [-0.1, -0.05) is 35.6 Å². The average molecular weight is 454 g/mol. The van der Waals surface area contributed by atoms with Crippen LogP contribution < -0.4 is 9.62 Å². The van der Waals surface area contributed by atoms with Crippen molar-refractivity contribution in [1.29, 1.82) is 0 Å². The molecule has 31 heavy (non-hydrogen) atoms. The second-order valence-corrected chi connectivity index (χ2v) is 9.93. The Morgan fingerprint density at radius 1 is 1.03 bits per heavy atom. The van der Waals surface area contributed by atoms with Crippen LogP contribution in [-0.4, -0.2) is 25.9 Å². The van der Waals surface area contributed by atoms with Crippen LogP contribution in [0.4, 0.5) is 15.2 Å². The SMILES string of the molecule is O=C(Nc1nc2c(F)cccc2s1)c1ccc(S(=O)(=O)N2CCc3ccccc32)cc1. The summed E-state index contributed by atoms with van der Waals surface area (Å²) in [7, 11) is -3.73. The number of benzene rings is 3. The van der Waals surface area contributed by atoms with Gasteiger partial charge in [0.05, 0.1) is 15.3 Å². The Balaban J connectivity index is 1.37. The van der Waals surface area contributed by atoms with E-state index in [1.165, 1.54) is 46.0 Å². The van der Waals surface area contributed by atoms with Crippen molar-refractivity contribution in [3.63, 3.8) is 0 Å². The lowest BCUT2D eigenvalue weighted by Crippen LogP contribution is -2.29. The molecule has 0 aliphatic carbocycles. The highest BCUT2D eigenvalue weighted by Gasteiger charge is 2.30. The number of para-hydroxylation sites is 2. The van der Waals surface area contributed by atoms with Gasteiger partial charge < -0.3 is 0 Å². The van der Waals surface area contributed by atoms with Gasteiger partial charge in [-0.25, -0.2) is 17.8 Å². The number of hydrogen-bond acceptors (Lipinski definition) is 5. The first-order chi connectivity index (χ1) is 14.9. The van der Waals surface area contributed by atoms with Crippen LogP contribution in [0, 0.1) is 5.82 Å². The lowest BCUT2D eigenvalue weighted by molar-refractivity contribution is 0.102. The number of thiazole rings is 1. The monoisotopic (exact) mass is 453 g/mol. The molecule has 1 aliphatic heterocycles. The van der Waals surface area contributed by atoms with Crippen molar-refractivity contribution < 1.29 is 17.6 Å². The normalized spacial score (nSPS) is 13.4. The summed E-state index contributed by atoms with van der Waals surface area (Å²) in [4.78, 5) is 16.8. The number of sulfonamides is 1. The zero-order chi connectivity index (χ0) is 21.6. The molecule has 1 aliphatic rings. The van der Waals surface area contributed by atoms with Crippen LogP contribution in [0.15, 0.2) is 71.6 Å². The molecule has 6 nitrogen and oxygen atoms in total. The lowest BCUT2D eigenvalue weighted by atomic mass is 10.2. The smallest absolute Gasteiger partial charge is 0.264 e. The van der Waals surface area contributed by atoms with Gasteiger partial charge in [-0.2, -0.15) is 0 Å². The molecule has 0 radical (unpaired) electrons. The third-order valence-electron chi connectivity index (χ3n) is 5.14. The molecule has 0 spiro atoms. The Hall–Kier alpha value is -3.30. The van der Waals surface area contributed by atoms with Gasteiger partial charge in [0.2, 0.25) is 0 Å². The maximum Gasteiger partial charge on any atom is 0.264 e. The van der Waals surface area contributed by atoms with Crippen molar-refractivity contribution in [3.8, 4) is 0 Å². The van der Waals surface area contributed by atoms with Gasteiger partial charge in [-0.05, 0) is 54.4 Å². The van der Waals surface area contributed by atoms with Crippen molar-refractivity contribution in [2.75, 3.05) is 16.2 Å². The lowest BCUT2D eigenvalue weighted by Gasteiger charge is -2.19. The van der Waals surface area contributed by atoms with Gasteiger partial charge >= 0.3 is 0 Å². The van der Waals surface area contributed by atoms with Crippen LogP contribution in [0.5, 0.6) is 0 Å². The number of carbonyl (C=O) groups is 1. The second kappa shape index (κ2) is 7.44. The van der Waals surface area contributed by atoms with Crippen molar-refractivity contribution in [3.05, 3.63) is 83.7 Å².